The number of piperidine rings is 1. The lowest BCUT2D eigenvalue weighted by molar-refractivity contribution is -0.0993. The third kappa shape index (κ3) is 1.32. The van der Waals surface area contributed by atoms with Crippen molar-refractivity contribution < 1.29 is 16.0 Å². The van der Waals surface area contributed by atoms with E-state index in [1.165, 1.54) is 11.1 Å². The van der Waals surface area contributed by atoms with Crippen molar-refractivity contribution >= 4 is 0 Å². The first kappa shape index (κ1) is 13.2. The van der Waals surface area contributed by atoms with Crippen LogP contribution in [0, 0.1) is 5.92 Å². The maximum Gasteiger partial charge on any atom is 1.00 e. The van der Waals surface area contributed by atoms with E-state index >= 15 is 0 Å². The number of hydrogen-bond acceptors (Lipinski definition) is 4. The number of ether oxygens (including phenoxy) is 2. The van der Waals surface area contributed by atoms with Crippen LogP contribution in [0.15, 0.2) is 12.1 Å². The molecule has 1 saturated carbocycles. The van der Waals surface area contributed by atoms with Crippen molar-refractivity contribution in [3.8, 4) is 11.5 Å². The number of benzene rings is 1. The van der Waals surface area contributed by atoms with Gasteiger partial charge < -0.3 is 19.5 Å². The molecule has 5 unspecified atom stereocenters. The van der Waals surface area contributed by atoms with Gasteiger partial charge in [-0.3, -0.25) is 0 Å². The highest BCUT2D eigenvalue weighted by Crippen LogP contribution is 2.63. The van der Waals surface area contributed by atoms with Crippen LogP contribution in [0.3, 0.4) is 0 Å². The van der Waals surface area contributed by atoms with Gasteiger partial charge in [0, 0.05) is 17.0 Å². The molecule has 2 heterocycles. The number of nitrogens with zero attached hydrogens (tertiary/aromatic N) is 1. The van der Waals surface area contributed by atoms with Gasteiger partial charge in [0.25, 0.3) is 0 Å². The molecule has 0 radical (unpaired) electrons. The monoisotopic (exact) mass is 302 g/mol. The highest BCUT2D eigenvalue weighted by Gasteiger charge is 2.65. The molecule has 2 bridgehead atoms. The molecule has 22 heavy (non-hydrogen) atoms. The SMILES string of the molecule is COc1ccc2c3c1OC1C(O)CCC4C(C2)N(C)CCC341.[H+]. The van der Waals surface area contributed by atoms with E-state index in [0.717, 1.165) is 43.7 Å². The molecule has 2 fully saturated rings. The fourth-order valence-electron chi connectivity index (χ4n) is 5.86. The summed E-state index contributed by atoms with van der Waals surface area (Å²) in [6, 6.07) is 4.83. The molecule has 118 valence electrons. The summed E-state index contributed by atoms with van der Waals surface area (Å²) in [5.41, 5.74) is 2.77. The Morgan fingerprint density at radius 3 is 3.09 bits per heavy atom. The molecule has 0 aromatic heterocycles. The number of aliphatic hydroxyl groups excluding tert-OH is 1. The molecule has 5 atom stereocenters. The summed E-state index contributed by atoms with van der Waals surface area (Å²) in [4.78, 5) is 2.52. The Hall–Kier alpha value is -1.26. The van der Waals surface area contributed by atoms with Gasteiger partial charge in [0.05, 0.1) is 13.2 Å². The Labute approximate surface area is 132 Å². The van der Waals surface area contributed by atoms with Gasteiger partial charge in [0.15, 0.2) is 11.5 Å². The smallest absolute Gasteiger partial charge is 0.493 e. The Bertz CT molecular complexity index is 651. The minimum Gasteiger partial charge on any atom is -0.493 e. The van der Waals surface area contributed by atoms with E-state index in [-0.39, 0.29) is 19.0 Å². The second kappa shape index (κ2) is 4.18. The van der Waals surface area contributed by atoms with Gasteiger partial charge in [-0.2, -0.15) is 0 Å². The van der Waals surface area contributed by atoms with E-state index in [1.54, 1.807) is 7.11 Å². The summed E-state index contributed by atoms with van der Waals surface area (Å²) in [5, 5.41) is 10.6. The predicted octanol–water partition coefficient (Wildman–Crippen LogP) is 1.84. The summed E-state index contributed by atoms with van der Waals surface area (Å²) in [5.74, 6) is 2.34. The molecule has 1 aromatic rings. The summed E-state index contributed by atoms with van der Waals surface area (Å²) in [7, 11) is 3.96. The van der Waals surface area contributed by atoms with Crippen LogP contribution in [0.4, 0.5) is 0 Å². The van der Waals surface area contributed by atoms with Crippen LogP contribution in [-0.4, -0.2) is 49.0 Å². The zero-order valence-corrected chi connectivity index (χ0v) is 13.2. The quantitative estimate of drug-likeness (QED) is 0.859. The largest absolute Gasteiger partial charge is 1.00 e. The van der Waals surface area contributed by atoms with Gasteiger partial charge in [0.2, 0.25) is 0 Å². The van der Waals surface area contributed by atoms with E-state index in [2.05, 4.69) is 18.0 Å². The standard InChI is InChI=1S/C18H23NO3/c1-19-8-7-18-11-4-5-13(20)17(18)22-16-14(21-2)6-3-10(15(16)18)9-12(11)19/h3,6,11-13,17,20H,4-5,7-9H2,1-2H3/p+1. The van der Waals surface area contributed by atoms with E-state index in [9.17, 15) is 5.11 Å². The normalized spacial score (nSPS) is 41.8. The van der Waals surface area contributed by atoms with E-state index < -0.39 is 0 Å². The Morgan fingerprint density at radius 2 is 2.27 bits per heavy atom. The van der Waals surface area contributed by atoms with Crippen LogP contribution in [0.25, 0.3) is 0 Å². The molecular formula is C18H24NO3+. The van der Waals surface area contributed by atoms with Gasteiger partial charge in [-0.15, -0.1) is 0 Å². The number of hydrogen-bond donors (Lipinski definition) is 1. The average Bonchev–Trinajstić information content (AvgIpc) is 2.88. The number of methoxy groups -OCH3 is 1. The molecule has 4 aliphatic rings. The van der Waals surface area contributed by atoms with Crippen LogP contribution in [-0.2, 0) is 11.8 Å². The summed E-state index contributed by atoms with van der Waals surface area (Å²) in [6.45, 7) is 1.09. The summed E-state index contributed by atoms with van der Waals surface area (Å²) in [6.07, 6.45) is 3.69. The number of rotatable bonds is 1. The lowest BCUT2D eigenvalue weighted by Crippen LogP contribution is -2.66. The molecule has 4 nitrogen and oxygen atoms in total. The third-order valence-electron chi connectivity index (χ3n) is 6.77. The van der Waals surface area contributed by atoms with Crippen molar-refractivity contribution in [1.29, 1.82) is 0 Å². The number of likely N-dealkylation sites (N-methyl/N-ethyl adjacent to an activating group) is 1. The van der Waals surface area contributed by atoms with E-state index in [1.807, 2.05) is 6.07 Å². The van der Waals surface area contributed by atoms with Gasteiger partial charge in [0.1, 0.15) is 6.10 Å². The molecule has 2 aliphatic carbocycles. The molecule has 5 rings (SSSR count). The zero-order valence-electron chi connectivity index (χ0n) is 14.2. The van der Waals surface area contributed by atoms with E-state index in [4.69, 9.17) is 9.47 Å². The Morgan fingerprint density at radius 1 is 1.41 bits per heavy atom. The zero-order chi connectivity index (χ0) is 15.1. The predicted molar refractivity (Wildman–Crippen MR) is 83.7 cm³/mol. The van der Waals surface area contributed by atoms with Crippen molar-refractivity contribution in [3.63, 3.8) is 0 Å². The minimum atomic E-state index is -0.358. The third-order valence-corrected chi connectivity index (χ3v) is 6.77. The molecular weight excluding hydrogens is 278 g/mol. The average molecular weight is 302 g/mol. The molecule has 4 heteroatoms. The molecule has 1 N–H and O–H groups in total. The summed E-state index contributed by atoms with van der Waals surface area (Å²) >= 11 is 0. The van der Waals surface area contributed by atoms with Crippen LogP contribution in [0.5, 0.6) is 11.5 Å². The molecule has 1 aromatic carbocycles. The first-order valence-corrected chi connectivity index (χ1v) is 8.42. The number of likely N-dealkylation sites (tertiary alicyclic amines) is 1. The molecule has 1 spiro atoms. The molecule has 1 saturated heterocycles. The second-order valence-electron chi connectivity index (χ2n) is 7.46. The van der Waals surface area contributed by atoms with Gasteiger partial charge in [-0.25, -0.2) is 0 Å². The van der Waals surface area contributed by atoms with Crippen molar-refractivity contribution in [1.82, 2.24) is 4.90 Å². The van der Waals surface area contributed by atoms with Gasteiger partial charge in [-0.05, 0) is 56.8 Å². The van der Waals surface area contributed by atoms with E-state index in [0.29, 0.717) is 12.0 Å². The summed E-state index contributed by atoms with van der Waals surface area (Å²) < 4.78 is 11.9. The minimum absolute atomic E-state index is 0. The Kier molecular flexibility index (Phi) is 2.51. The van der Waals surface area contributed by atoms with Gasteiger partial charge >= 0.3 is 1.43 Å². The topological polar surface area (TPSA) is 41.9 Å². The second-order valence-corrected chi connectivity index (χ2v) is 7.46. The van der Waals surface area contributed by atoms with Crippen molar-refractivity contribution in [2.45, 2.75) is 49.3 Å². The lowest BCUT2D eigenvalue weighted by Gasteiger charge is -2.58. The van der Waals surface area contributed by atoms with Crippen molar-refractivity contribution in [2.75, 3.05) is 20.7 Å². The van der Waals surface area contributed by atoms with Crippen LogP contribution >= 0.6 is 0 Å². The fraction of sp³-hybridized carbons (Fsp3) is 0.667. The fourth-order valence-corrected chi connectivity index (χ4v) is 5.86. The Balaban J connectivity index is 0.00000135. The lowest BCUT2D eigenvalue weighted by atomic mass is 9.51. The first-order chi connectivity index (χ1) is 10.7. The first-order valence-electron chi connectivity index (χ1n) is 8.42. The number of aliphatic hydroxyl groups is 1. The maximum atomic E-state index is 10.6. The van der Waals surface area contributed by atoms with Crippen LogP contribution < -0.4 is 9.47 Å². The van der Waals surface area contributed by atoms with Crippen molar-refractivity contribution in [3.05, 3.63) is 23.3 Å². The van der Waals surface area contributed by atoms with Crippen LogP contribution in [0.1, 0.15) is 31.8 Å². The highest BCUT2D eigenvalue weighted by atomic mass is 16.5. The van der Waals surface area contributed by atoms with Gasteiger partial charge in [-0.1, -0.05) is 6.07 Å². The van der Waals surface area contributed by atoms with Crippen LogP contribution in [0.2, 0.25) is 0 Å². The molecule has 0 amide bonds. The molecule has 2 aliphatic heterocycles. The highest BCUT2D eigenvalue weighted by molar-refractivity contribution is 5.61. The maximum absolute atomic E-state index is 10.6. The van der Waals surface area contributed by atoms with Crippen molar-refractivity contribution in [2.24, 2.45) is 5.92 Å².